The van der Waals surface area contributed by atoms with Gasteiger partial charge in [-0.2, -0.15) is 5.10 Å². The summed E-state index contributed by atoms with van der Waals surface area (Å²) in [6.07, 6.45) is 4.41. The second-order valence-electron chi connectivity index (χ2n) is 6.86. The number of nitrogens with one attached hydrogen (secondary N) is 2. The molecule has 0 atom stereocenters. The van der Waals surface area contributed by atoms with Crippen LogP contribution in [0.2, 0.25) is 0 Å². The van der Waals surface area contributed by atoms with Gasteiger partial charge < -0.3 is 15.5 Å². The number of benzene rings is 1. The van der Waals surface area contributed by atoms with E-state index in [2.05, 4.69) is 70.9 Å². The standard InChI is InChI=1S/C21H30N6/c1-5-22-21(24-15-20-16(2)25-26(4)17(20)3)23-14-18-8-10-19(11-9-18)27-12-6-7-13-27/h6-11H,5,12-15H2,1-4H3,(H2,22,23,24). The summed E-state index contributed by atoms with van der Waals surface area (Å²) in [6.45, 7) is 10.4. The van der Waals surface area contributed by atoms with Gasteiger partial charge in [0.2, 0.25) is 0 Å². The molecule has 0 aliphatic carbocycles. The second-order valence-corrected chi connectivity index (χ2v) is 6.86. The first kappa shape index (κ1) is 19.0. The van der Waals surface area contributed by atoms with Gasteiger partial charge in [-0.1, -0.05) is 24.3 Å². The van der Waals surface area contributed by atoms with E-state index in [0.717, 1.165) is 37.8 Å². The van der Waals surface area contributed by atoms with Gasteiger partial charge in [-0.3, -0.25) is 4.68 Å². The molecule has 2 heterocycles. The zero-order valence-electron chi connectivity index (χ0n) is 16.8. The van der Waals surface area contributed by atoms with Gasteiger partial charge in [-0.05, 0) is 38.5 Å². The molecule has 0 fully saturated rings. The third-order valence-corrected chi connectivity index (χ3v) is 4.98. The van der Waals surface area contributed by atoms with Gasteiger partial charge in [0.15, 0.2) is 5.96 Å². The summed E-state index contributed by atoms with van der Waals surface area (Å²) >= 11 is 0. The lowest BCUT2D eigenvalue weighted by Crippen LogP contribution is -2.37. The van der Waals surface area contributed by atoms with Gasteiger partial charge in [0.1, 0.15) is 0 Å². The average Bonchev–Trinajstić information content (AvgIpc) is 3.28. The highest BCUT2D eigenvalue weighted by atomic mass is 15.3. The fourth-order valence-electron chi connectivity index (χ4n) is 3.26. The summed E-state index contributed by atoms with van der Waals surface area (Å²) < 4.78 is 1.92. The molecule has 0 bridgehead atoms. The molecule has 0 radical (unpaired) electrons. The smallest absolute Gasteiger partial charge is 0.191 e. The van der Waals surface area contributed by atoms with E-state index < -0.39 is 0 Å². The van der Waals surface area contributed by atoms with Crippen LogP contribution in [0.25, 0.3) is 0 Å². The first-order valence-corrected chi connectivity index (χ1v) is 9.58. The second kappa shape index (κ2) is 8.75. The monoisotopic (exact) mass is 366 g/mol. The fourth-order valence-corrected chi connectivity index (χ4v) is 3.26. The Morgan fingerprint density at radius 1 is 1.11 bits per heavy atom. The Bertz CT molecular complexity index is 808. The minimum atomic E-state index is 0.652. The molecule has 0 spiro atoms. The van der Waals surface area contributed by atoms with E-state index in [1.807, 2.05) is 18.7 Å². The Kier molecular flexibility index (Phi) is 6.16. The predicted octanol–water partition coefficient (Wildman–Crippen LogP) is 2.67. The number of aromatic nitrogens is 2. The molecule has 6 nitrogen and oxygen atoms in total. The lowest BCUT2D eigenvalue weighted by molar-refractivity contribution is 0.728. The van der Waals surface area contributed by atoms with Crippen molar-refractivity contribution in [3.8, 4) is 0 Å². The van der Waals surface area contributed by atoms with Crippen molar-refractivity contribution >= 4 is 11.6 Å². The number of nitrogens with zero attached hydrogens (tertiary/aromatic N) is 4. The normalized spacial score (nSPS) is 14.1. The van der Waals surface area contributed by atoms with Crippen LogP contribution in [0.4, 0.5) is 5.69 Å². The van der Waals surface area contributed by atoms with Crippen molar-refractivity contribution < 1.29 is 0 Å². The van der Waals surface area contributed by atoms with Crippen LogP contribution in [0.1, 0.15) is 29.4 Å². The van der Waals surface area contributed by atoms with Crippen LogP contribution in [0.5, 0.6) is 0 Å². The number of rotatable bonds is 6. The maximum Gasteiger partial charge on any atom is 0.191 e. The van der Waals surface area contributed by atoms with Crippen molar-refractivity contribution in [3.63, 3.8) is 0 Å². The number of anilines is 1. The Balaban J connectivity index is 1.61. The molecule has 144 valence electrons. The Morgan fingerprint density at radius 2 is 1.81 bits per heavy atom. The van der Waals surface area contributed by atoms with Crippen LogP contribution in [-0.4, -0.2) is 35.4 Å². The van der Waals surface area contributed by atoms with E-state index >= 15 is 0 Å². The molecular weight excluding hydrogens is 336 g/mol. The van der Waals surface area contributed by atoms with E-state index in [1.165, 1.54) is 22.5 Å². The molecule has 0 saturated carbocycles. The minimum Gasteiger partial charge on any atom is -0.364 e. The van der Waals surface area contributed by atoms with Gasteiger partial charge in [0.05, 0.1) is 12.2 Å². The quantitative estimate of drug-likeness (QED) is 0.469. The Labute approximate surface area is 162 Å². The van der Waals surface area contributed by atoms with E-state index in [4.69, 9.17) is 4.99 Å². The molecule has 1 aromatic carbocycles. The summed E-state index contributed by atoms with van der Waals surface area (Å²) in [5, 5.41) is 11.2. The van der Waals surface area contributed by atoms with Crippen LogP contribution in [0.3, 0.4) is 0 Å². The van der Waals surface area contributed by atoms with Crippen LogP contribution < -0.4 is 15.5 Å². The molecule has 1 aliphatic heterocycles. The third kappa shape index (κ3) is 4.70. The maximum atomic E-state index is 4.73. The SMILES string of the molecule is CCNC(=NCc1ccc(N2CC=CC2)cc1)NCc1c(C)nn(C)c1C. The number of hydrogen-bond donors (Lipinski definition) is 2. The summed E-state index contributed by atoms with van der Waals surface area (Å²) in [5.74, 6) is 0.827. The van der Waals surface area contributed by atoms with Crippen molar-refractivity contribution in [1.82, 2.24) is 20.4 Å². The molecule has 3 rings (SSSR count). The number of guanidine groups is 1. The summed E-state index contributed by atoms with van der Waals surface area (Å²) in [6, 6.07) is 8.69. The molecule has 2 N–H and O–H groups in total. The van der Waals surface area contributed by atoms with Crippen LogP contribution in [-0.2, 0) is 20.1 Å². The predicted molar refractivity (Wildman–Crippen MR) is 112 cm³/mol. The van der Waals surface area contributed by atoms with Gasteiger partial charge in [0, 0.05) is 50.2 Å². The average molecular weight is 367 g/mol. The summed E-state index contributed by atoms with van der Waals surface area (Å²) in [4.78, 5) is 7.08. The molecule has 1 aromatic heterocycles. The van der Waals surface area contributed by atoms with E-state index in [1.54, 1.807) is 0 Å². The fraction of sp³-hybridized carbons (Fsp3) is 0.429. The van der Waals surface area contributed by atoms with Crippen molar-refractivity contribution in [2.75, 3.05) is 24.5 Å². The van der Waals surface area contributed by atoms with Crippen molar-refractivity contribution in [2.45, 2.75) is 33.9 Å². The lowest BCUT2D eigenvalue weighted by atomic mass is 10.2. The number of aliphatic imine (C=N–C) groups is 1. The van der Waals surface area contributed by atoms with E-state index in [9.17, 15) is 0 Å². The first-order chi connectivity index (χ1) is 13.1. The number of aryl methyl sites for hydroxylation is 2. The maximum absolute atomic E-state index is 4.73. The number of hydrogen-bond acceptors (Lipinski definition) is 3. The Hall–Kier alpha value is -2.76. The Morgan fingerprint density at radius 3 is 2.41 bits per heavy atom. The van der Waals surface area contributed by atoms with Crippen LogP contribution >= 0.6 is 0 Å². The third-order valence-electron chi connectivity index (χ3n) is 4.98. The highest BCUT2D eigenvalue weighted by Crippen LogP contribution is 2.18. The first-order valence-electron chi connectivity index (χ1n) is 9.58. The molecular formula is C21H30N6. The summed E-state index contributed by atoms with van der Waals surface area (Å²) in [5.41, 5.74) is 5.94. The topological polar surface area (TPSA) is 57.5 Å². The largest absolute Gasteiger partial charge is 0.364 e. The van der Waals surface area contributed by atoms with Crippen molar-refractivity contribution in [1.29, 1.82) is 0 Å². The molecule has 27 heavy (non-hydrogen) atoms. The van der Waals surface area contributed by atoms with Gasteiger partial charge in [0.25, 0.3) is 0 Å². The van der Waals surface area contributed by atoms with Crippen LogP contribution in [0, 0.1) is 13.8 Å². The van der Waals surface area contributed by atoms with Gasteiger partial charge >= 0.3 is 0 Å². The molecule has 0 saturated heterocycles. The molecule has 1 aliphatic rings. The highest BCUT2D eigenvalue weighted by Gasteiger charge is 2.10. The van der Waals surface area contributed by atoms with Gasteiger partial charge in [-0.25, -0.2) is 4.99 Å². The highest BCUT2D eigenvalue weighted by molar-refractivity contribution is 5.79. The van der Waals surface area contributed by atoms with Crippen LogP contribution in [0.15, 0.2) is 41.4 Å². The molecule has 6 heteroatoms. The zero-order chi connectivity index (χ0) is 19.2. The zero-order valence-corrected chi connectivity index (χ0v) is 16.8. The van der Waals surface area contributed by atoms with E-state index in [-0.39, 0.29) is 0 Å². The molecule has 0 amide bonds. The summed E-state index contributed by atoms with van der Waals surface area (Å²) in [7, 11) is 1.98. The molecule has 2 aromatic rings. The van der Waals surface area contributed by atoms with Crippen molar-refractivity contribution in [3.05, 3.63) is 58.9 Å². The van der Waals surface area contributed by atoms with Crippen molar-refractivity contribution in [2.24, 2.45) is 12.0 Å². The minimum absolute atomic E-state index is 0.652. The van der Waals surface area contributed by atoms with E-state index in [0.29, 0.717) is 6.54 Å². The lowest BCUT2D eigenvalue weighted by Gasteiger charge is -2.17. The van der Waals surface area contributed by atoms with Gasteiger partial charge in [-0.15, -0.1) is 0 Å². The molecule has 0 unspecified atom stereocenters.